The minimum atomic E-state index is 0.0336. The van der Waals surface area contributed by atoms with Gasteiger partial charge in [-0.2, -0.15) is 0 Å². The van der Waals surface area contributed by atoms with E-state index in [0.717, 1.165) is 24.1 Å². The normalized spacial score (nSPS) is 10.0. The number of carbonyl (C=O) groups excluding carboxylic acids is 2. The zero-order chi connectivity index (χ0) is 21.1. The highest BCUT2D eigenvalue weighted by molar-refractivity contribution is 5.94. The summed E-state index contributed by atoms with van der Waals surface area (Å²) in [6, 6.07) is 17.0. The molecule has 0 atom stereocenters. The first-order valence-corrected chi connectivity index (χ1v) is 10.3. The van der Waals surface area contributed by atoms with Crippen LogP contribution in [0.3, 0.4) is 0 Å². The van der Waals surface area contributed by atoms with Crippen LogP contribution < -0.4 is 4.90 Å². The van der Waals surface area contributed by atoms with Gasteiger partial charge in [0.2, 0.25) is 5.91 Å². The fraction of sp³-hybridized carbons (Fsp3) is 0.360. The van der Waals surface area contributed by atoms with Crippen LogP contribution >= 0.6 is 0 Å². The molecule has 2 amide bonds. The second kappa shape index (κ2) is 11.7. The third-order valence-corrected chi connectivity index (χ3v) is 4.77. The van der Waals surface area contributed by atoms with Gasteiger partial charge in [0.1, 0.15) is 0 Å². The molecule has 0 N–H and O–H groups in total. The van der Waals surface area contributed by atoms with Crippen molar-refractivity contribution >= 4 is 17.5 Å². The summed E-state index contributed by atoms with van der Waals surface area (Å²) >= 11 is 0. The Labute approximate surface area is 174 Å². The largest absolute Gasteiger partial charge is 0.339 e. The Morgan fingerprint density at radius 2 is 1.55 bits per heavy atom. The number of amides is 2. The maximum atomic E-state index is 12.6. The molecular weight excluding hydrogens is 360 g/mol. The van der Waals surface area contributed by atoms with E-state index in [9.17, 15) is 9.59 Å². The SMILES string of the molecule is CCCCC(=O)N(CC#Cc1ccc(C(=O)N(CC)CC)cc1)c1ccccc1. The number of carbonyl (C=O) groups is 2. The van der Waals surface area contributed by atoms with Crippen molar-refractivity contribution in [1.29, 1.82) is 0 Å². The van der Waals surface area contributed by atoms with Crippen LogP contribution in [0.2, 0.25) is 0 Å². The minimum absolute atomic E-state index is 0.0336. The standard InChI is InChI=1S/C25H30N2O2/c1-4-7-15-24(28)27(23-13-9-8-10-14-23)20-11-12-21-16-18-22(19-17-21)25(29)26(5-2)6-3/h8-10,13-14,16-19H,4-7,15,20H2,1-3H3. The van der Waals surface area contributed by atoms with Gasteiger partial charge in [0.25, 0.3) is 5.91 Å². The van der Waals surface area contributed by atoms with Crippen molar-refractivity contribution in [3.63, 3.8) is 0 Å². The summed E-state index contributed by atoms with van der Waals surface area (Å²) in [4.78, 5) is 28.5. The van der Waals surface area contributed by atoms with Crippen LogP contribution in [0.1, 0.15) is 56.0 Å². The molecule has 2 aromatic rings. The van der Waals surface area contributed by atoms with Crippen molar-refractivity contribution in [1.82, 2.24) is 4.90 Å². The third-order valence-electron chi connectivity index (χ3n) is 4.77. The van der Waals surface area contributed by atoms with Crippen LogP contribution in [0.4, 0.5) is 5.69 Å². The number of para-hydroxylation sites is 1. The summed E-state index contributed by atoms with van der Waals surface area (Å²) in [6.45, 7) is 7.75. The lowest BCUT2D eigenvalue weighted by molar-refractivity contribution is -0.118. The monoisotopic (exact) mass is 390 g/mol. The molecule has 4 heteroatoms. The first kappa shape index (κ1) is 22.2. The van der Waals surface area contributed by atoms with E-state index >= 15 is 0 Å². The van der Waals surface area contributed by atoms with Crippen LogP contribution in [-0.4, -0.2) is 36.3 Å². The van der Waals surface area contributed by atoms with Gasteiger partial charge in [-0.25, -0.2) is 0 Å². The minimum Gasteiger partial charge on any atom is -0.339 e. The molecule has 0 aliphatic carbocycles. The lowest BCUT2D eigenvalue weighted by Crippen LogP contribution is -2.31. The fourth-order valence-electron chi connectivity index (χ4n) is 3.00. The summed E-state index contributed by atoms with van der Waals surface area (Å²) in [5.74, 6) is 6.35. The van der Waals surface area contributed by atoms with Crippen LogP contribution in [0.25, 0.3) is 0 Å². The molecule has 29 heavy (non-hydrogen) atoms. The second-order valence-corrected chi connectivity index (χ2v) is 6.78. The fourth-order valence-corrected chi connectivity index (χ4v) is 3.00. The lowest BCUT2D eigenvalue weighted by atomic mass is 10.1. The van der Waals surface area contributed by atoms with Crippen molar-refractivity contribution in [2.45, 2.75) is 40.0 Å². The predicted molar refractivity (Wildman–Crippen MR) is 119 cm³/mol. The van der Waals surface area contributed by atoms with Gasteiger partial charge >= 0.3 is 0 Å². The molecule has 4 nitrogen and oxygen atoms in total. The Morgan fingerprint density at radius 3 is 2.14 bits per heavy atom. The van der Waals surface area contributed by atoms with Gasteiger partial charge in [0.05, 0.1) is 6.54 Å². The average molecular weight is 391 g/mol. The molecule has 0 radical (unpaired) electrons. The molecule has 0 unspecified atom stereocenters. The highest BCUT2D eigenvalue weighted by Crippen LogP contribution is 2.15. The number of hydrogen-bond donors (Lipinski definition) is 0. The topological polar surface area (TPSA) is 40.6 Å². The maximum Gasteiger partial charge on any atom is 0.253 e. The Balaban J connectivity index is 2.10. The van der Waals surface area contributed by atoms with Crippen LogP contribution in [0, 0.1) is 11.8 Å². The molecule has 0 aliphatic rings. The van der Waals surface area contributed by atoms with Gasteiger partial charge in [-0.3, -0.25) is 9.59 Å². The zero-order valence-electron chi connectivity index (χ0n) is 17.6. The summed E-state index contributed by atoms with van der Waals surface area (Å²) in [6.07, 6.45) is 2.38. The molecule has 2 aromatic carbocycles. The van der Waals surface area contributed by atoms with Crippen LogP contribution in [0.15, 0.2) is 54.6 Å². The molecule has 0 bridgehead atoms. The average Bonchev–Trinajstić information content (AvgIpc) is 2.77. The van der Waals surface area contributed by atoms with E-state index in [0.29, 0.717) is 31.6 Å². The second-order valence-electron chi connectivity index (χ2n) is 6.78. The van der Waals surface area contributed by atoms with E-state index in [2.05, 4.69) is 18.8 Å². The molecule has 0 aromatic heterocycles. The molecule has 0 spiro atoms. The number of anilines is 1. The number of benzene rings is 2. The highest BCUT2D eigenvalue weighted by atomic mass is 16.2. The first-order chi connectivity index (χ1) is 14.1. The quantitative estimate of drug-likeness (QED) is 0.611. The smallest absolute Gasteiger partial charge is 0.253 e. The Bertz CT molecular complexity index is 844. The Morgan fingerprint density at radius 1 is 0.897 bits per heavy atom. The van der Waals surface area contributed by atoms with Gasteiger partial charge in [0, 0.05) is 36.3 Å². The lowest BCUT2D eigenvalue weighted by Gasteiger charge is -2.20. The number of unbranched alkanes of at least 4 members (excludes halogenated alkanes) is 1. The van der Waals surface area contributed by atoms with Crippen LogP contribution in [-0.2, 0) is 4.79 Å². The van der Waals surface area contributed by atoms with E-state index in [1.165, 1.54) is 0 Å². The molecular formula is C25H30N2O2. The van der Waals surface area contributed by atoms with Crippen molar-refractivity contribution in [2.24, 2.45) is 0 Å². The summed E-state index contributed by atoms with van der Waals surface area (Å²) in [7, 11) is 0. The summed E-state index contributed by atoms with van der Waals surface area (Å²) in [5, 5.41) is 0. The predicted octanol–water partition coefficient (Wildman–Crippen LogP) is 4.74. The zero-order valence-corrected chi connectivity index (χ0v) is 17.6. The first-order valence-electron chi connectivity index (χ1n) is 10.3. The van der Waals surface area contributed by atoms with Gasteiger partial charge < -0.3 is 9.80 Å². The van der Waals surface area contributed by atoms with E-state index < -0.39 is 0 Å². The molecule has 2 rings (SSSR count). The molecule has 0 aliphatic heterocycles. The van der Waals surface area contributed by atoms with E-state index in [1.54, 1.807) is 9.80 Å². The highest BCUT2D eigenvalue weighted by Gasteiger charge is 2.14. The molecule has 0 heterocycles. The molecule has 0 saturated carbocycles. The Hall–Kier alpha value is -3.06. The van der Waals surface area contributed by atoms with Crippen molar-refractivity contribution < 1.29 is 9.59 Å². The van der Waals surface area contributed by atoms with Gasteiger partial charge in [-0.05, 0) is 56.7 Å². The van der Waals surface area contributed by atoms with E-state index in [-0.39, 0.29) is 11.8 Å². The number of nitrogens with zero attached hydrogens (tertiary/aromatic N) is 2. The molecule has 152 valence electrons. The van der Waals surface area contributed by atoms with Gasteiger partial charge in [-0.1, -0.05) is 43.4 Å². The number of rotatable bonds is 8. The van der Waals surface area contributed by atoms with E-state index in [1.807, 2.05) is 68.4 Å². The van der Waals surface area contributed by atoms with Gasteiger partial charge in [0.15, 0.2) is 0 Å². The summed E-state index contributed by atoms with van der Waals surface area (Å²) < 4.78 is 0. The Kier molecular flexibility index (Phi) is 8.98. The van der Waals surface area contributed by atoms with Gasteiger partial charge in [-0.15, -0.1) is 0 Å². The van der Waals surface area contributed by atoms with Crippen molar-refractivity contribution in [3.05, 3.63) is 65.7 Å². The maximum absolute atomic E-state index is 12.6. The molecule has 0 fully saturated rings. The van der Waals surface area contributed by atoms with Crippen LogP contribution in [0.5, 0.6) is 0 Å². The molecule has 0 saturated heterocycles. The van der Waals surface area contributed by atoms with E-state index in [4.69, 9.17) is 0 Å². The summed E-state index contributed by atoms with van der Waals surface area (Å²) in [5.41, 5.74) is 2.36. The van der Waals surface area contributed by atoms with Crippen molar-refractivity contribution in [2.75, 3.05) is 24.5 Å². The van der Waals surface area contributed by atoms with Crippen molar-refractivity contribution in [3.8, 4) is 11.8 Å². The third kappa shape index (κ3) is 6.50. The number of hydrogen-bond acceptors (Lipinski definition) is 2.